The van der Waals surface area contributed by atoms with Crippen molar-refractivity contribution in [2.24, 2.45) is 0 Å². The van der Waals surface area contributed by atoms with Crippen molar-refractivity contribution < 1.29 is 9.47 Å². The van der Waals surface area contributed by atoms with Crippen LogP contribution in [0.3, 0.4) is 0 Å². The van der Waals surface area contributed by atoms with Crippen molar-refractivity contribution in [3.63, 3.8) is 0 Å². The molecule has 152 valence electrons. The van der Waals surface area contributed by atoms with Gasteiger partial charge in [0.25, 0.3) is 0 Å². The molecule has 0 saturated heterocycles. The summed E-state index contributed by atoms with van der Waals surface area (Å²) in [7, 11) is 0. The van der Waals surface area contributed by atoms with Crippen molar-refractivity contribution in [2.45, 2.75) is 50.5 Å². The van der Waals surface area contributed by atoms with Gasteiger partial charge in [0.15, 0.2) is 0 Å². The van der Waals surface area contributed by atoms with E-state index in [4.69, 9.17) is 19.4 Å². The zero-order valence-corrected chi connectivity index (χ0v) is 17.0. The van der Waals surface area contributed by atoms with Crippen molar-refractivity contribution in [3.8, 4) is 5.75 Å². The first-order valence-electron chi connectivity index (χ1n) is 11.0. The lowest BCUT2D eigenvalue weighted by Crippen LogP contribution is -2.23. The third kappa shape index (κ3) is 3.27. The van der Waals surface area contributed by atoms with Crippen molar-refractivity contribution in [3.05, 3.63) is 82.2 Å². The van der Waals surface area contributed by atoms with Gasteiger partial charge in [-0.3, -0.25) is 15.0 Å². The standard InChI is InChI=1S/C25H25N3O2/c1-2-16-3-4-17(12-23(16)26-10-1)20-7-8-25-24(28-20)13-19(15-30-25)21-6-5-18-14-29-11-9-22(18)27-21/h1-2,5-8,10,17,19H,3-4,9,11-15H2. The smallest absolute Gasteiger partial charge is 0.140 e. The van der Waals surface area contributed by atoms with E-state index >= 15 is 0 Å². The predicted molar refractivity (Wildman–Crippen MR) is 113 cm³/mol. The Kier molecular flexibility index (Phi) is 4.49. The van der Waals surface area contributed by atoms with Gasteiger partial charge >= 0.3 is 0 Å². The third-order valence-electron chi connectivity index (χ3n) is 6.69. The highest BCUT2D eigenvalue weighted by atomic mass is 16.5. The second kappa shape index (κ2) is 7.47. The molecule has 3 aromatic rings. The van der Waals surface area contributed by atoms with Crippen LogP contribution in [0.2, 0.25) is 0 Å². The van der Waals surface area contributed by atoms with Crippen LogP contribution in [0.1, 0.15) is 57.9 Å². The minimum absolute atomic E-state index is 0.252. The highest BCUT2D eigenvalue weighted by Crippen LogP contribution is 2.35. The number of hydrogen-bond acceptors (Lipinski definition) is 5. The number of rotatable bonds is 2. The molecule has 2 aliphatic heterocycles. The number of aromatic nitrogens is 3. The molecule has 0 saturated carbocycles. The number of aryl methyl sites for hydroxylation is 1. The fourth-order valence-electron chi connectivity index (χ4n) is 4.96. The molecule has 0 fully saturated rings. The molecule has 2 unspecified atom stereocenters. The Bertz CT molecular complexity index is 1100. The molecule has 0 N–H and O–H groups in total. The van der Waals surface area contributed by atoms with Crippen LogP contribution in [0.15, 0.2) is 42.6 Å². The second-order valence-corrected chi connectivity index (χ2v) is 8.59. The van der Waals surface area contributed by atoms with Gasteiger partial charge in [0, 0.05) is 53.7 Å². The molecular weight excluding hydrogens is 374 g/mol. The summed E-state index contributed by atoms with van der Waals surface area (Å²) >= 11 is 0. The lowest BCUT2D eigenvalue weighted by atomic mass is 9.84. The van der Waals surface area contributed by atoms with E-state index in [0.29, 0.717) is 19.1 Å². The molecule has 5 nitrogen and oxygen atoms in total. The van der Waals surface area contributed by atoms with Gasteiger partial charge in [-0.2, -0.15) is 0 Å². The Morgan fingerprint density at radius 3 is 2.67 bits per heavy atom. The van der Waals surface area contributed by atoms with Gasteiger partial charge in [-0.05, 0) is 54.7 Å². The topological polar surface area (TPSA) is 57.1 Å². The molecule has 0 amide bonds. The van der Waals surface area contributed by atoms with Crippen LogP contribution in [-0.4, -0.2) is 28.2 Å². The average Bonchev–Trinajstić information content (AvgIpc) is 2.82. The molecule has 5 heterocycles. The van der Waals surface area contributed by atoms with Crippen molar-refractivity contribution in [1.82, 2.24) is 15.0 Å². The summed E-state index contributed by atoms with van der Waals surface area (Å²) in [6.07, 6.45) is 6.86. The Labute approximate surface area is 176 Å². The first kappa shape index (κ1) is 18.0. The molecule has 2 atom stereocenters. The van der Waals surface area contributed by atoms with Gasteiger partial charge in [0.2, 0.25) is 0 Å². The predicted octanol–water partition coefficient (Wildman–Crippen LogP) is 3.94. The van der Waals surface area contributed by atoms with Crippen LogP contribution >= 0.6 is 0 Å². The fraction of sp³-hybridized carbons (Fsp3) is 0.400. The second-order valence-electron chi connectivity index (χ2n) is 8.59. The first-order chi connectivity index (χ1) is 14.8. The van der Waals surface area contributed by atoms with E-state index in [1.807, 2.05) is 12.3 Å². The zero-order chi connectivity index (χ0) is 19.9. The molecule has 1 aliphatic carbocycles. The van der Waals surface area contributed by atoms with Crippen LogP contribution in [0, 0.1) is 0 Å². The van der Waals surface area contributed by atoms with Crippen LogP contribution in [-0.2, 0) is 37.0 Å². The summed E-state index contributed by atoms with van der Waals surface area (Å²) in [6, 6.07) is 12.8. The molecule has 6 rings (SSSR count). The van der Waals surface area contributed by atoms with Crippen LogP contribution < -0.4 is 4.74 Å². The van der Waals surface area contributed by atoms with E-state index in [2.05, 4.69) is 35.3 Å². The molecule has 3 aliphatic rings. The Morgan fingerprint density at radius 1 is 0.800 bits per heavy atom. The van der Waals surface area contributed by atoms with E-state index in [9.17, 15) is 0 Å². The van der Waals surface area contributed by atoms with Gasteiger partial charge in [-0.1, -0.05) is 12.1 Å². The molecular formula is C25H25N3O2. The highest BCUT2D eigenvalue weighted by molar-refractivity contribution is 5.36. The maximum absolute atomic E-state index is 6.09. The maximum Gasteiger partial charge on any atom is 0.140 e. The minimum Gasteiger partial charge on any atom is -0.491 e. The van der Waals surface area contributed by atoms with Gasteiger partial charge in [-0.25, -0.2) is 0 Å². The lowest BCUT2D eigenvalue weighted by molar-refractivity contribution is 0.109. The van der Waals surface area contributed by atoms with Crippen molar-refractivity contribution in [1.29, 1.82) is 0 Å². The van der Waals surface area contributed by atoms with Gasteiger partial charge in [0.1, 0.15) is 5.75 Å². The SMILES string of the molecule is c1cnc2c(c1)CCC(c1ccc3c(n1)CC(c1ccc4c(n1)CCOC4)CO3)C2. The monoisotopic (exact) mass is 399 g/mol. The van der Waals surface area contributed by atoms with E-state index in [0.717, 1.165) is 55.8 Å². The van der Waals surface area contributed by atoms with E-state index < -0.39 is 0 Å². The van der Waals surface area contributed by atoms with Crippen LogP contribution in [0.4, 0.5) is 0 Å². The van der Waals surface area contributed by atoms with E-state index in [-0.39, 0.29) is 5.92 Å². The lowest BCUT2D eigenvalue weighted by Gasteiger charge is -2.28. The summed E-state index contributed by atoms with van der Waals surface area (Å²) in [5.41, 5.74) is 8.37. The normalized spacial score (nSPS) is 22.4. The van der Waals surface area contributed by atoms with Crippen molar-refractivity contribution in [2.75, 3.05) is 13.2 Å². The summed E-state index contributed by atoms with van der Waals surface area (Å²) < 4.78 is 11.6. The average molecular weight is 399 g/mol. The Hall–Kier alpha value is -2.79. The fourth-order valence-corrected chi connectivity index (χ4v) is 4.96. The number of pyridine rings is 3. The number of fused-ring (bicyclic) bond motifs is 3. The quantitative estimate of drug-likeness (QED) is 0.653. The number of hydrogen-bond donors (Lipinski definition) is 0. The summed E-state index contributed by atoms with van der Waals surface area (Å²) in [5, 5.41) is 0. The third-order valence-corrected chi connectivity index (χ3v) is 6.69. The van der Waals surface area contributed by atoms with Gasteiger partial charge in [0.05, 0.1) is 25.5 Å². The highest BCUT2D eigenvalue weighted by Gasteiger charge is 2.27. The minimum atomic E-state index is 0.252. The zero-order valence-electron chi connectivity index (χ0n) is 17.0. The van der Waals surface area contributed by atoms with Gasteiger partial charge < -0.3 is 9.47 Å². The van der Waals surface area contributed by atoms with E-state index in [1.54, 1.807) is 0 Å². The van der Waals surface area contributed by atoms with Crippen molar-refractivity contribution >= 4 is 0 Å². The molecule has 0 radical (unpaired) electrons. The molecule has 5 heteroatoms. The maximum atomic E-state index is 6.09. The molecule has 0 aromatic carbocycles. The summed E-state index contributed by atoms with van der Waals surface area (Å²) in [4.78, 5) is 14.6. The molecule has 3 aromatic heterocycles. The molecule has 0 bridgehead atoms. The molecule has 30 heavy (non-hydrogen) atoms. The Balaban J connectivity index is 1.24. The van der Waals surface area contributed by atoms with Crippen LogP contribution in [0.25, 0.3) is 0 Å². The first-order valence-corrected chi connectivity index (χ1v) is 11.0. The summed E-state index contributed by atoms with van der Waals surface area (Å²) in [5.74, 6) is 1.61. The van der Waals surface area contributed by atoms with E-state index in [1.165, 1.54) is 28.2 Å². The Morgan fingerprint density at radius 2 is 1.67 bits per heavy atom. The number of nitrogens with zero attached hydrogens (tertiary/aromatic N) is 3. The van der Waals surface area contributed by atoms with Crippen LogP contribution in [0.5, 0.6) is 5.75 Å². The summed E-state index contributed by atoms with van der Waals surface area (Å²) in [6.45, 7) is 2.10. The molecule has 0 spiro atoms. The largest absolute Gasteiger partial charge is 0.491 e. The number of ether oxygens (including phenoxy) is 2. The van der Waals surface area contributed by atoms with Gasteiger partial charge in [-0.15, -0.1) is 0 Å².